The Hall–Kier alpha value is -2.38. The Balaban J connectivity index is 1.72. The fraction of sp³-hybridized carbons (Fsp3) is 0.0667. The Morgan fingerprint density at radius 1 is 1.13 bits per heavy atom. The van der Waals surface area contributed by atoms with Crippen molar-refractivity contribution in [3.8, 4) is 5.75 Å². The van der Waals surface area contributed by atoms with Crippen LogP contribution in [0.3, 0.4) is 0 Å². The highest BCUT2D eigenvalue weighted by atomic mass is 35.5. The van der Waals surface area contributed by atoms with E-state index in [0.717, 1.165) is 0 Å². The summed E-state index contributed by atoms with van der Waals surface area (Å²) in [5, 5.41) is 3.36. The van der Waals surface area contributed by atoms with Crippen molar-refractivity contribution in [1.82, 2.24) is 10.9 Å². The average Bonchev–Trinajstić information content (AvgIpc) is 2.54. The largest absolute Gasteiger partial charge is 0.482 e. The molecule has 0 aromatic heterocycles. The van der Waals surface area contributed by atoms with Gasteiger partial charge in [-0.25, -0.2) is 4.39 Å². The van der Waals surface area contributed by atoms with Crippen LogP contribution in [-0.2, 0) is 4.79 Å². The minimum atomic E-state index is -0.437. The number of para-hydroxylation sites is 1. The van der Waals surface area contributed by atoms with Crippen LogP contribution in [0.4, 0.5) is 10.1 Å². The van der Waals surface area contributed by atoms with Crippen molar-refractivity contribution in [3.05, 3.63) is 59.4 Å². The molecule has 5 nitrogen and oxygen atoms in total. The second kappa shape index (κ2) is 8.30. The zero-order chi connectivity index (χ0) is 16.7. The molecular weight excluding hydrogens is 341 g/mol. The molecule has 0 spiro atoms. The molecule has 0 fully saturated rings. The number of halogens is 2. The monoisotopic (exact) mass is 353 g/mol. The van der Waals surface area contributed by atoms with Gasteiger partial charge in [0.15, 0.2) is 11.7 Å². The normalized spacial score (nSPS) is 9.83. The van der Waals surface area contributed by atoms with E-state index >= 15 is 0 Å². The Morgan fingerprint density at radius 3 is 2.52 bits per heavy atom. The number of anilines is 1. The highest BCUT2D eigenvalue weighted by Gasteiger charge is 2.06. The first-order valence-electron chi connectivity index (χ1n) is 6.53. The van der Waals surface area contributed by atoms with Gasteiger partial charge in [-0.05, 0) is 48.6 Å². The van der Waals surface area contributed by atoms with E-state index in [1.807, 2.05) is 0 Å². The maximum Gasteiger partial charge on any atom is 0.276 e. The number of carbonyl (C=O) groups is 1. The van der Waals surface area contributed by atoms with Crippen LogP contribution in [0.25, 0.3) is 0 Å². The SMILES string of the molecule is O=C(COc1ccccc1Cl)NNC(=S)Nc1ccc(F)cc1. The van der Waals surface area contributed by atoms with Gasteiger partial charge in [-0.15, -0.1) is 0 Å². The third-order valence-corrected chi connectivity index (χ3v) is 3.13. The highest BCUT2D eigenvalue weighted by molar-refractivity contribution is 7.80. The number of rotatable bonds is 4. The molecule has 3 N–H and O–H groups in total. The quantitative estimate of drug-likeness (QED) is 0.583. The molecule has 0 aliphatic carbocycles. The first-order valence-corrected chi connectivity index (χ1v) is 7.32. The molecule has 2 aromatic rings. The summed E-state index contributed by atoms with van der Waals surface area (Å²) in [6, 6.07) is 12.5. The van der Waals surface area contributed by atoms with E-state index in [1.54, 1.807) is 24.3 Å². The van der Waals surface area contributed by atoms with E-state index in [1.165, 1.54) is 24.3 Å². The van der Waals surface area contributed by atoms with Crippen LogP contribution in [0.2, 0.25) is 5.02 Å². The minimum absolute atomic E-state index is 0.155. The summed E-state index contributed by atoms with van der Waals surface area (Å²) in [4.78, 5) is 11.7. The third-order valence-electron chi connectivity index (χ3n) is 2.61. The van der Waals surface area contributed by atoms with Crippen molar-refractivity contribution in [1.29, 1.82) is 0 Å². The predicted octanol–water partition coefficient (Wildman–Crippen LogP) is 2.88. The summed E-state index contributed by atoms with van der Waals surface area (Å²) in [5.41, 5.74) is 5.47. The fourth-order valence-corrected chi connectivity index (χ4v) is 1.92. The van der Waals surface area contributed by atoms with Crippen LogP contribution in [0.1, 0.15) is 0 Å². The molecule has 0 radical (unpaired) electrons. The smallest absolute Gasteiger partial charge is 0.276 e. The summed E-state index contributed by atoms with van der Waals surface area (Å²) in [7, 11) is 0. The van der Waals surface area contributed by atoms with Crippen molar-refractivity contribution in [2.24, 2.45) is 0 Å². The Kier molecular flexibility index (Phi) is 6.13. The number of carbonyl (C=O) groups excluding carboxylic acids is 1. The van der Waals surface area contributed by atoms with Crippen molar-refractivity contribution in [2.45, 2.75) is 0 Å². The molecule has 8 heteroatoms. The highest BCUT2D eigenvalue weighted by Crippen LogP contribution is 2.22. The van der Waals surface area contributed by atoms with E-state index in [2.05, 4.69) is 16.2 Å². The lowest BCUT2D eigenvalue weighted by molar-refractivity contribution is -0.123. The first kappa shape index (κ1) is 17.0. The maximum absolute atomic E-state index is 12.8. The molecule has 120 valence electrons. The van der Waals surface area contributed by atoms with Crippen molar-refractivity contribution < 1.29 is 13.9 Å². The molecule has 23 heavy (non-hydrogen) atoms. The summed E-state index contributed by atoms with van der Waals surface area (Å²) >= 11 is 10.9. The molecule has 0 atom stereocenters. The molecular formula is C15H13ClFN3O2S. The van der Waals surface area contributed by atoms with Crippen molar-refractivity contribution in [2.75, 3.05) is 11.9 Å². The van der Waals surface area contributed by atoms with Gasteiger partial charge in [-0.1, -0.05) is 23.7 Å². The molecule has 0 saturated heterocycles. The van der Waals surface area contributed by atoms with Crippen LogP contribution in [0, 0.1) is 5.82 Å². The molecule has 0 heterocycles. The lowest BCUT2D eigenvalue weighted by atomic mass is 10.3. The maximum atomic E-state index is 12.8. The zero-order valence-electron chi connectivity index (χ0n) is 11.8. The average molecular weight is 354 g/mol. The van der Waals surface area contributed by atoms with E-state index in [4.69, 9.17) is 28.6 Å². The van der Waals surface area contributed by atoms with Crippen LogP contribution < -0.4 is 20.9 Å². The number of hydrazine groups is 1. The van der Waals surface area contributed by atoms with Crippen LogP contribution in [0.5, 0.6) is 5.75 Å². The van der Waals surface area contributed by atoms with Crippen molar-refractivity contribution >= 4 is 40.5 Å². The topological polar surface area (TPSA) is 62.4 Å². The lowest BCUT2D eigenvalue weighted by Gasteiger charge is -2.12. The van der Waals surface area contributed by atoms with Gasteiger partial charge in [0, 0.05) is 5.69 Å². The Labute approximate surface area is 142 Å². The Bertz CT molecular complexity index is 697. The van der Waals surface area contributed by atoms with E-state index < -0.39 is 5.91 Å². The van der Waals surface area contributed by atoms with E-state index in [-0.39, 0.29) is 17.5 Å². The summed E-state index contributed by atoms with van der Waals surface area (Å²) in [5.74, 6) is -0.371. The molecule has 0 aliphatic rings. The van der Waals surface area contributed by atoms with Crippen molar-refractivity contribution in [3.63, 3.8) is 0 Å². The molecule has 0 saturated carbocycles. The van der Waals surface area contributed by atoms with Gasteiger partial charge in [0.25, 0.3) is 5.91 Å². The number of hydrogen-bond acceptors (Lipinski definition) is 3. The van der Waals surface area contributed by atoms with Gasteiger partial charge in [-0.2, -0.15) is 0 Å². The van der Waals surface area contributed by atoms with Crippen LogP contribution in [0.15, 0.2) is 48.5 Å². The lowest BCUT2D eigenvalue weighted by Crippen LogP contribution is -2.45. The number of nitrogens with one attached hydrogen (secondary N) is 3. The van der Waals surface area contributed by atoms with Crippen LogP contribution in [-0.4, -0.2) is 17.6 Å². The molecule has 0 bridgehead atoms. The molecule has 2 aromatic carbocycles. The number of amides is 1. The van der Waals surface area contributed by atoms with Gasteiger partial charge < -0.3 is 10.1 Å². The number of thiocarbonyl (C=S) groups is 1. The molecule has 0 aliphatic heterocycles. The second-order valence-corrected chi connectivity index (χ2v) is 5.17. The van der Waals surface area contributed by atoms with Gasteiger partial charge in [0.2, 0.25) is 0 Å². The van der Waals surface area contributed by atoms with E-state index in [0.29, 0.717) is 16.5 Å². The number of hydrogen-bond donors (Lipinski definition) is 3. The molecule has 0 unspecified atom stereocenters. The second-order valence-electron chi connectivity index (χ2n) is 4.35. The minimum Gasteiger partial charge on any atom is -0.482 e. The standard InChI is InChI=1S/C15H13ClFN3O2S/c16-12-3-1-2-4-13(12)22-9-14(21)19-20-15(23)18-11-7-5-10(17)6-8-11/h1-8H,9H2,(H,19,21)(H2,18,20,23). The molecule has 1 amide bonds. The predicted molar refractivity (Wildman–Crippen MR) is 90.8 cm³/mol. The Morgan fingerprint density at radius 2 is 1.83 bits per heavy atom. The first-order chi connectivity index (χ1) is 11.0. The number of benzene rings is 2. The summed E-state index contributed by atoms with van der Waals surface area (Å²) in [6.45, 7) is -0.226. The summed E-state index contributed by atoms with van der Waals surface area (Å²) in [6.07, 6.45) is 0. The molecule has 2 rings (SSSR count). The zero-order valence-corrected chi connectivity index (χ0v) is 13.4. The third kappa shape index (κ3) is 5.72. The fourth-order valence-electron chi connectivity index (χ4n) is 1.56. The number of ether oxygens (including phenoxy) is 1. The van der Waals surface area contributed by atoms with Gasteiger partial charge in [0.1, 0.15) is 11.6 Å². The van der Waals surface area contributed by atoms with Crippen LogP contribution >= 0.6 is 23.8 Å². The van der Waals surface area contributed by atoms with Gasteiger partial charge >= 0.3 is 0 Å². The van der Waals surface area contributed by atoms with Gasteiger partial charge in [0.05, 0.1) is 5.02 Å². The summed E-state index contributed by atoms with van der Waals surface area (Å²) < 4.78 is 18.0. The van der Waals surface area contributed by atoms with Gasteiger partial charge in [-0.3, -0.25) is 15.6 Å². The van der Waals surface area contributed by atoms with E-state index in [9.17, 15) is 9.18 Å².